The Bertz CT molecular complexity index is 1130. The molecule has 1 unspecified atom stereocenters. The van der Waals surface area contributed by atoms with Gasteiger partial charge in [-0.3, -0.25) is 19.2 Å². The third-order valence-corrected chi connectivity index (χ3v) is 5.19. The van der Waals surface area contributed by atoms with Gasteiger partial charge < -0.3 is 15.0 Å². The predicted octanol–water partition coefficient (Wildman–Crippen LogP) is 2.55. The number of hydrogen-bond donors (Lipinski definition) is 2. The normalized spacial score (nSPS) is 12.1. The van der Waals surface area contributed by atoms with Gasteiger partial charge in [-0.25, -0.2) is 0 Å². The van der Waals surface area contributed by atoms with Crippen LogP contribution in [0.4, 0.5) is 0 Å². The maximum Gasteiger partial charge on any atom is 0.261 e. The van der Waals surface area contributed by atoms with Crippen LogP contribution < -0.4 is 15.6 Å². The summed E-state index contributed by atoms with van der Waals surface area (Å²) in [5.41, 5.74) is 3.64. The number of nitrogens with one attached hydrogen (secondary N) is 2. The fraction of sp³-hybridized carbons (Fsp3) is 0.375. The summed E-state index contributed by atoms with van der Waals surface area (Å²) < 4.78 is 7.78. The highest BCUT2D eigenvalue weighted by molar-refractivity contribution is 5.94. The molecule has 2 heterocycles. The number of carbonyl (C=O) groups excluding carboxylic acids is 1. The van der Waals surface area contributed by atoms with Crippen molar-refractivity contribution in [2.45, 2.75) is 40.0 Å². The highest BCUT2D eigenvalue weighted by Gasteiger charge is 2.14. The SMILES string of the molecule is Cc1cc(C(=O)NCC(C)Oc2cccc(CN(C)Cc3cnn(C)c3)c2)c(=O)[nH]c1C. The van der Waals surface area contributed by atoms with Crippen LogP contribution in [0.1, 0.15) is 39.7 Å². The van der Waals surface area contributed by atoms with Gasteiger partial charge in [-0.1, -0.05) is 12.1 Å². The van der Waals surface area contributed by atoms with Gasteiger partial charge in [0.2, 0.25) is 0 Å². The lowest BCUT2D eigenvalue weighted by atomic mass is 10.1. The van der Waals surface area contributed by atoms with E-state index in [1.807, 2.05) is 51.5 Å². The van der Waals surface area contributed by atoms with Crippen molar-refractivity contribution in [3.05, 3.63) is 81.0 Å². The zero-order valence-electron chi connectivity index (χ0n) is 19.3. The first kappa shape index (κ1) is 23.3. The Morgan fingerprint density at radius 1 is 1.25 bits per heavy atom. The molecule has 2 N–H and O–H groups in total. The number of benzene rings is 1. The fourth-order valence-corrected chi connectivity index (χ4v) is 3.45. The van der Waals surface area contributed by atoms with Gasteiger partial charge >= 0.3 is 0 Å². The Kier molecular flexibility index (Phi) is 7.48. The van der Waals surface area contributed by atoms with E-state index < -0.39 is 5.91 Å². The number of aromatic amines is 1. The van der Waals surface area contributed by atoms with E-state index in [0.717, 1.165) is 41.2 Å². The van der Waals surface area contributed by atoms with E-state index in [1.165, 1.54) is 0 Å². The predicted molar refractivity (Wildman–Crippen MR) is 124 cm³/mol. The maximum atomic E-state index is 12.4. The maximum absolute atomic E-state index is 12.4. The summed E-state index contributed by atoms with van der Waals surface area (Å²) in [5.74, 6) is 0.332. The third kappa shape index (κ3) is 6.31. The van der Waals surface area contributed by atoms with Crippen LogP contribution in [-0.2, 0) is 20.1 Å². The van der Waals surface area contributed by atoms with Gasteiger partial charge in [0.1, 0.15) is 17.4 Å². The lowest BCUT2D eigenvalue weighted by Crippen LogP contribution is -2.36. The molecule has 0 bridgehead atoms. The Hall–Kier alpha value is -3.39. The number of amides is 1. The minimum Gasteiger partial charge on any atom is -0.489 e. The van der Waals surface area contributed by atoms with Crippen LogP contribution in [0, 0.1) is 13.8 Å². The second kappa shape index (κ2) is 10.3. The van der Waals surface area contributed by atoms with E-state index in [-0.39, 0.29) is 23.8 Å². The van der Waals surface area contributed by atoms with Crippen LogP contribution in [0.25, 0.3) is 0 Å². The highest BCUT2D eigenvalue weighted by Crippen LogP contribution is 2.17. The number of aromatic nitrogens is 3. The van der Waals surface area contributed by atoms with Crippen LogP contribution in [0.3, 0.4) is 0 Å². The fourth-order valence-electron chi connectivity index (χ4n) is 3.45. The van der Waals surface area contributed by atoms with Crippen LogP contribution in [0.5, 0.6) is 5.75 Å². The average molecular weight is 438 g/mol. The molecule has 1 aromatic carbocycles. The molecule has 0 aliphatic rings. The molecule has 0 saturated carbocycles. The van der Waals surface area contributed by atoms with E-state index in [9.17, 15) is 9.59 Å². The molecular formula is C24H31N5O3. The van der Waals surface area contributed by atoms with E-state index in [2.05, 4.69) is 33.4 Å². The van der Waals surface area contributed by atoms with Gasteiger partial charge in [0, 0.05) is 37.6 Å². The number of nitrogens with zero attached hydrogens (tertiary/aromatic N) is 3. The van der Waals surface area contributed by atoms with Crippen molar-refractivity contribution < 1.29 is 9.53 Å². The molecule has 3 aromatic rings. The smallest absolute Gasteiger partial charge is 0.261 e. The lowest BCUT2D eigenvalue weighted by Gasteiger charge is -2.18. The summed E-state index contributed by atoms with van der Waals surface area (Å²) in [6.07, 6.45) is 3.63. The van der Waals surface area contributed by atoms with Crippen molar-refractivity contribution in [2.24, 2.45) is 7.05 Å². The quantitative estimate of drug-likeness (QED) is 0.537. The van der Waals surface area contributed by atoms with Crippen LogP contribution in [0.15, 0.2) is 47.5 Å². The van der Waals surface area contributed by atoms with Crippen molar-refractivity contribution in [1.82, 2.24) is 25.0 Å². The first-order valence-corrected chi connectivity index (χ1v) is 10.6. The molecule has 0 fully saturated rings. The summed E-state index contributed by atoms with van der Waals surface area (Å²) in [5, 5.41) is 6.99. The minimum atomic E-state index is -0.407. The van der Waals surface area contributed by atoms with Crippen LogP contribution in [0.2, 0.25) is 0 Å². The first-order valence-electron chi connectivity index (χ1n) is 10.6. The second-order valence-corrected chi connectivity index (χ2v) is 8.30. The van der Waals surface area contributed by atoms with Crippen LogP contribution in [-0.4, -0.2) is 45.3 Å². The Morgan fingerprint density at radius 3 is 2.72 bits per heavy atom. The van der Waals surface area contributed by atoms with Crippen LogP contribution >= 0.6 is 0 Å². The number of aryl methyl sites for hydroxylation is 3. The zero-order valence-corrected chi connectivity index (χ0v) is 19.3. The molecule has 8 nitrogen and oxygen atoms in total. The summed E-state index contributed by atoms with van der Waals surface area (Å²) in [6, 6.07) is 9.54. The molecule has 0 saturated heterocycles. The van der Waals surface area contributed by atoms with Gasteiger partial charge in [0.05, 0.1) is 12.7 Å². The third-order valence-electron chi connectivity index (χ3n) is 5.19. The summed E-state index contributed by atoms with van der Waals surface area (Å²) >= 11 is 0. The Labute approximate surface area is 188 Å². The van der Waals surface area contributed by atoms with Crippen molar-refractivity contribution in [3.8, 4) is 5.75 Å². The number of carbonyl (C=O) groups is 1. The van der Waals surface area contributed by atoms with Gasteiger partial charge in [0.25, 0.3) is 11.5 Å². The van der Waals surface area contributed by atoms with Gasteiger partial charge in [-0.15, -0.1) is 0 Å². The van der Waals surface area contributed by atoms with Gasteiger partial charge in [0.15, 0.2) is 0 Å². The minimum absolute atomic E-state index is 0.110. The molecule has 0 radical (unpaired) electrons. The Morgan fingerprint density at radius 2 is 2.00 bits per heavy atom. The molecule has 32 heavy (non-hydrogen) atoms. The summed E-state index contributed by atoms with van der Waals surface area (Å²) in [4.78, 5) is 29.4. The number of pyridine rings is 1. The molecule has 2 aromatic heterocycles. The monoisotopic (exact) mass is 437 g/mol. The molecule has 0 aliphatic carbocycles. The second-order valence-electron chi connectivity index (χ2n) is 8.30. The van der Waals surface area contributed by atoms with Crippen molar-refractivity contribution in [1.29, 1.82) is 0 Å². The molecule has 170 valence electrons. The standard InChI is InChI=1S/C24H31N5O3/c1-16-9-22(24(31)27-18(16)3)23(30)25-11-17(2)32-21-8-6-7-19(10-21)13-28(4)14-20-12-26-29(5)15-20/h6-10,12,15,17H,11,13-14H2,1-5H3,(H,25,30)(H,27,31). The molecule has 0 spiro atoms. The molecule has 1 atom stereocenters. The summed E-state index contributed by atoms with van der Waals surface area (Å²) in [7, 11) is 3.97. The Balaban J connectivity index is 1.53. The van der Waals surface area contributed by atoms with Crippen molar-refractivity contribution >= 4 is 5.91 Å². The number of ether oxygens (including phenoxy) is 1. The summed E-state index contributed by atoms with van der Waals surface area (Å²) in [6.45, 7) is 7.40. The molecular weight excluding hydrogens is 406 g/mol. The number of hydrogen-bond acceptors (Lipinski definition) is 5. The number of H-pyrrole nitrogens is 1. The first-order chi connectivity index (χ1) is 15.2. The topological polar surface area (TPSA) is 92.2 Å². The molecule has 1 amide bonds. The van der Waals surface area contributed by atoms with Crippen molar-refractivity contribution in [2.75, 3.05) is 13.6 Å². The van der Waals surface area contributed by atoms with E-state index >= 15 is 0 Å². The molecule has 8 heteroatoms. The highest BCUT2D eigenvalue weighted by atomic mass is 16.5. The largest absolute Gasteiger partial charge is 0.489 e. The van der Waals surface area contributed by atoms with Gasteiger partial charge in [-0.2, -0.15) is 5.10 Å². The van der Waals surface area contributed by atoms with E-state index in [4.69, 9.17) is 4.74 Å². The van der Waals surface area contributed by atoms with E-state index in [1.54, 1.807) is 17.7 Å². The van der Waals surface area contributed by atoms with Gasteiger partial charge in [-0.05, 0) is 57.1 Å². The zero-order chi connectivity index (χ0) is 23.3. The average Bonchev–Trinajstić information content (AvgIpc) is 3.13. The number of rotatable bonds is 9. The molecule has 0 aliphatic heterocycles. The molecule has 3 rings (SSSR count). The lowest BCUT2D eigenvalue weighted by molar-refractivity contribution is 0.0930. The van der Waals surface area contributed by atoms with Crippen molar-refractivity contribution in [3.63, 3.8) is 0 Å². The van der Waals surface area contributed by atoms with E-state index in [0.29, 0.717) is 0 Å².